The minimum absolute atomic E-state index is 0.0177. The van der Waals surface area contributed by atoms with E-state index in [0.29, 0.717) is 12.2 Å². The molecule has 4 rings (SSSR count). The predicted octanol–water partition coefficient (Wildman–Crippen LogP) is 4.50. The van der Waals surface area contributed by atoms with Crippen molar-refractivity contribution in [3.63, 3.8) is 0 Å². The Hall–Kier alpha value is -2.08. The molecule has 160 valence electrons. The van der Waals surface area contributed by atoms with E-state index in [2.05, 4.69) is 41.7 Å². The van der Waals surface area contributed by atoms with E-state index in [1.165, 1.54) is 11.6 Å². The maximum atomic E-state index is 10.8. The van der Waals surface area contributed by atoms with Crippen molar-refractivity contribution in [1.29, 1.82) is 0 Å². The number of nitrogen functional groups attached to an aromatic ring is 1. The summed E-state index contributed by atoms with van der Waals surface area (Å²) in [6.07, 6.45) is 0. The normalized spacial score (nSPS) is 15.4. The van der Waals surface area contributed by atoms with Crippen LogP contribution in [0.4, 0.5) is 17.1 Å². The Morgan fingerprint density at radius 2 is 1.23 bits per heavy atom. The first-order chi connectivity index (χ1) is 14.0. The van der Waals surface area contributed by atoms with Crippen molar-refractivity contribution < 1.29 is 9.85 Å². The molecule has 0 saturated carbocycles. The van der Waals surface area contributed by atoms with Crippen LogP contribution >= 0.6 is 31.9 Å². The third-order valence-electron chi connectivity index (χ3n) is 5.38. The number of nitro benzene ring substituents is 2. The lowest BCUT2D eigenvalue weighted by Gasteiger charge is -2.05. The lowest BCUT2D eigenvalue weighted by molar-refractivity contribution is -0.385. The molecule has 11 heteroatoms. The highest BCUT2D eigenvalue weighted by Gasteiger charge is 2.27. The van der Waals surface area contributed by atoms with Crippen molar-refractivity contribution >= 4 is 48.9 Å². The zero-order valence-electron chi connectivity index (χ0n) is 16.7. The molecule has 0 amide bonds. The minimum Gasteiger partial charge on any atom is -0.393 e. The van der Waals surface area contributed by atoms with Crippen LogP contribution in [0.25, 0.3) is 0 Å². The number of benzene rings is 2. The van der Waals surface area contributed by atoms with Gasteiger partial charge in [0.2, 0.25) is 0 Å². The SMILES string of the molecule is CN1Cc2c(Br)cc([N+](=O)[O-])c(N)c2C1.Cc1c([N+](=O)[O-])cc(Br)c2c1CN(C)C2. The monoisotopic (exact) mass is 541 g/mol. The van der Waals surface area contributed by atoms with Crippen molar-refractivity contribution in [2.24, 2.45) is 0 Å². The molecule has 0 unspecified atom stereocenters. The lowest BCUT2D eigenvalue weighted by Crippen LogP contribution is -2.08. The van der Waals surface area contributed by atoms with Crippen molar-refractivity contribution in [1.82, 2.24) is 9.80 Å². The highest BCUT2D eigenvalue weighted by Crippen LogP contribution is 2.39. The van der Waals surface area contributed by atoms with Crippen LogP contribution in [0.5, 0.6) is 0 Å². The molecule has 2 heterocycles. The summed E-state index contributed by atoms with van der Waals surface area (Å²) >= 11 is 6.74. The molecule has 0 aliphatic carbocycles. The highest BCUT2D eigenvalue weighted by molar-refractivity contribution is 9.10. The molecule has 2 aromatic rings. The van der Waals surface area contributed by atoms with Crippen molar-refractivity contribution in [2.45, 2.75) is 33.1 Å². The Bertz CT molecular complexity index is 977. The van der Waals surface area contributed by atoms with Gasteiger partial charge < -0.3 is 5.73 Å². The van der Waals surface area contributed by atoms with E-state index in [1.54, 1.807) is 6.07 Å². The Morgan fingerprint density at radius 1 is 0.833 bits per heavy atom. The number of nitrogens with zero attached hydrogens (tertiary/aromatic N) is 4. The molecule has 2 aromatic carbocycles. The van der Waals surface area contributed by atoms with Crippen LogP contribution < -0.4 is 5.73 Å². The van der Waals surface area contributed by atoms with E-state index in [0.717, 1.165) is 50.8 Å². The molecule has 30 heavy (non-hydrogen) atoms. The first-order valence-electron chi connectivity index (χ1n) is 9.07. The number of nitrogens with two attached hydrogens (primary N) is 1. The van der Waals surface area contributed by atoms with Gasteiger partial charge in [-0.3, -0.25) is 30.0 Å². The highest BCUT2D eigenvalue weighted by atomic mass is 79.9. The van der Waals surface area contributed by atoms with Gasteiger partial charge in [0.05, 0.1) is 9.85 Å². The van der Waals surface area contributed by atoms with Gasteiger partial charge in [-0.25, -0.2) is 0 Å². The predicted molar refractivity (Wildman–Crippen MR) is 121 cm³/mol. The van der Waals surface area contributed by atoms with Gasteiger partial charge in [0.1, 0.15) is 5.69 Å². The van der Waals surface area contributed by atoms with Gasteiger partial charge in [-0.2, -0.15) is 0 Å². The summed E-state index contributed by atoms with van der Waals surface area (Å²) in [4.78, 5) is 25.0. The van der Waals surface area contributed by atoms with Crippen molar-refractivity contribution in [3.05, 3.63) is 69.1 Å². The summed E-state index contributed by atoms with van der Waals surface area (Å²) < 4.78 is 1.61. The molecule has 0 aromatic heterocycles. The van der Waals surface area contributed by atoms with Crippen LogP contribution in [-0.2, 0) is 26.2 Å². The Morgan fingerprint density at radius 3 is 1.73 bits per heavy atom. The fraction of sp³-hybridized carbons (Fsp3) is 0.368. The van der Waals surface area contributed by atoms with Gasteiger partial charge in [0.25, 0.3) is 11.4 Å². The molecular weight excluding hydrogens is 522 g/mol. The molecular formula is C19H21Br2N5O4. The molecule has 2 N–H and O–H groups in total. The second-order valence-corrected chi connectivity index (χ2v) is 9.28. The molecule has 0 bridgehead atoms. The molecule has 2 aliphatic heterocycles. The Kier molecular flexibility index (Phi) is 6.46. The fourth-order valence-electron chi connectivity index (χ4n) is 3.86. The second kappa shape index (κ2) is 8.58. The topological polar surface area (TPSA) is 119 Å². The number of halogens is 2. The first-order valence-corrected chi connectivity index (χ1v) is 10.7. The van der Waals surface area contributed by atoms with Gasteiger partial charge in [-0.05, 0) is 37.7 Å². The maximum absolute atomic E-state index is 10.8. The van der Waals surface area contributed by atoms with Gasteiger partial charge in [-0.1, -0.05) is 31.9 Å². The summed E-state index contributed by atoms with van der Waals surface area (Å²) in [5.74, 6) is 0. The zero-order valence-corrected chi connectivity index (χ0v) is 19.9. The molecule has 0 radical (unpaired) electrons. The smallest absolute Gasteiger partial charge is 0.293 e. The van der Waals surface area contributed by atoms with Crippen molar-refractivity contribution in [2.75, 3.05) is 19.8 Å². The van der Waals surface area contributed by atoms with Crippen molar-refractivity contribution in [3.8, 4) is 0 Å². The van der Waals surface area contributed by atoms with E-state index in [-0.39, 0.29) is 16.3 Å². The molecule has 0 atom stereocenters. The maximum Gasteiger partial charge on any atom is 0.293 e. The number of hydrogen-bond donors (Lipinski definition) is 1. The average molecular weight is 543 g/mol. The molecule has 0 saturated heterocycles. The summed E-state index contributed by atoms with van der Waals surface area (Å²) in [5.41, 5.74) is 11.3. The fourth-order valence-corrected chi connectivity index (χ4v) is 5.02. The number of fused-ring (bicyclic) bond motifs is 2. The minimum atomic E-state index is -0.446. The summed E-state index contributed by atoms with van der Waals surface area (Å²) in [6.45, 7) is 4.92. The molecule has 0 spiro atoms. The standard InChI is InChI=1S/C10H11BrN2O2.C9H10BrN3O2/c1-6-7-4-12(2)5-8(7)9(11)3-10(6)13(14)15;1-12-3-5-6(4-12)9(11)8(13(14)15)2-7(5)10/h3H,4-5H2,1-2H3;2H,3-4,11H2,1H3. The van der Waals surface area contributed by atoms with Gasteiger partial charge in [0, 0.05) is 58.4 Å². The van der Waals surface area contributed by atoms with Gasteiger partial charge in [0.15, 0.2) is 0 Å². The first kappa shape index (κ1) is 22.6. The van der Waals surface area contributed by atoms with Crippen LogP contribution in [0.3, 0.4) is 0 Å². The van der Waals surface area contributed by atoms with E-state index in [9.17, 15) is 20.2 Å². The number of anilines is 1. The summed E-state index contributed by atoms with van der Waals surface area (Å²) in [6, 6.07) is 3.08. The Labute approximate surface area is 190 Å². The average Bonchev–Trinajstić information content (AvgIpc) is 3.25. The zero-order chi connectivity index (χ0) is 22.3. The van der Waals surface area contributed by atoms with E-state index in [4.69, 9.17) is 5.73 Å². The van der Waals surface area contributed by atoms with Gasteiger partial charge in [-0.15, -0.1) is 0 Å². The number of hydrogen-bond acceptors (Lipinski definition) is 7. The van der Waals surface area contributed by atoms with Gasteiger partial charge >= 0.3 is 0 Å². The van der Waals surface area contributed by atoms with E-state index >= 15 is 0 Å². The van der Waals surface area contributed by atoms with Crippen LogP contribution in [-0.4, -0.2) is 33.7 Å². The van der Waals surface area contributed by atoms with E-state index in [1.807, 2.05) is 21.0 Å². The third-order valence-corrected chi connectivity index (χ3v) is 6.79. The van der Waals surface area contributed by atoms with Crippen LogP contribution in [0.15, 0.2) is 21.1 Å². The molecule has 2 aliphatic rings. The second-order valence-electron chi connectivity index (χ2n) is 7.57. The molecule has 9 nitrogen and oxygen atoms in total. The quantitative estimate of drug-likeness (QED) is 0.337. The third kappa shape index (κ3) is 4.20. The number of rotatable bonds is 2. The lowest BCUT2D eigenvalue weighted by atomic mass is 10.0. The molecule has 0 fully saturated rings. The summed E-state index contributed by atoms with van der Waals surface area (Å²) in [5, 5.41) is 21.6. The number of nitro groups is 2. The Balaban J connectivity index is 0.000000171. The largest absolute Gasteiger partial charge is 0.393 e. The van der Waals surface area contributed by atoms with E-state index < -0.39 is 4.92 Å². The summed E-state index contributed by atoms with van der Waals surface area (Å²) in [7, 11) is 3.97. The van der Waals surface area contributed by atoms with Crippen LogP contribution in [0.1, 0.15) is 27.8 Å². The van der Waals surface area contributed by atoms with Crippen LogP contribution in [0, 0.1) is 27.2 Å². The van der Waals surface area contributed by atoms with Crippen LogP contribution in [0.2, 0.25) is 0 Å².